The van der Waals surface area contributed by atoms with Crippen molar-refractivity contribution in [1.82, 2.24) is 14.7 Å². The van der Waals surface area contributed by atoms with E-state index in [2.05, 4.69) is 18.4 Å². The molecule has 7 nitrogen and oxygen atoms in total. The molecule has 0 radical (unpaired) electrons. The smallest absolute Gasteiger partial charge is 0.227 e. The van der Waals surface area contributed by atoms with Gasteiger partial charge in [0, 0.05) is 25.2 Å². The maximum atomic E-state index is 10.6. The topological polar surface area (TPSA) is 69.0 Å². The monoisotopic (exact) mass is 477 g/mol. The number of benzene rings is 2. The van der Waals surface area contributed by atoms with Crippen molar-refractivity contribution in [2.24, 2.45) is 0 Å². The van der Waals surface area contributed by atoms with Crippen molar-refractivity contribution in [3.8, 4) is 23.1 Å². The molecule has 1 aliphatic rings. The normalized spacial score (nSPS) is 14.2. The Hall–Kier alpha value is -3.13. The molecule has 3 aromatic rings. The fourth-order valence-electron chi connectivity index (χ4n) is 4.14. The number of hydrogen-bond donors (Lipinski definition) is 1. The highest BCUT2D eigenvalue weighted by molar-refractivity contribution is 5.44. The molecule has 0 bridgehead atoms. The summed E-state index contributed by atoms with van der Waals surface area (Å²) in [5.74, 6) is 2.10. The van der Waals surface area contributed by atoms with Crippen LogP contribution in [0.5, 0.6) is 17.4 Å². The lowest BCUT2D eigenvalue weighted by molar-refractivity contribution is 0.0226. The molecule has 1 N–H and O–H groups in total. The number of hydrogen-bond acceptors (Lipinski definition) is 6. The molecule has 2 aromatic carbocycles. The van der Waals surface area contributed by atoms with Crippen molar-refractivity contribution in [2.45, 2.75) is 44.9 Å². The van der Waals surface area contributed by atoms with E-state index in [9.17, 15) is 5.11 Å². The number of aromatic nitrogens is 2. The van der Waals surface area contributed by atoms with Crippen molar-refractivity contribution in [3.05, 3.63) is 78.5 Å². The number of aliphatic hydroxyl groups is 1. The van der Waals surface area contributed by atoms with Crippen LogP contribution in [0.2, 0.25) is 0 Å². The van der Waals surface area contributed by atoms with Gasteiger partial charge in [0.05, 0.1) is 43.4 Å². The van der Waals surface area contributed by atoms with Gasteiger partial charge in [0.15, 0.2) is 0 Å². The third kappa shape index (κ3) is 6.51. The van der Waals surface area contributed by atoms with Crippen LogP contribution in [0.25, 0.3) is 5.69 Å². The van der Waals surface area contributed by atoms with Crippen LogP contribution >= 0.6 is 0 Å². The third-order valence-corrected chi connectivity index (χ3v) is 6.03. The van der Waals surface area contributed by atoms with E-state index in [4.69, 9.17) is 19.3 Å². The van der Waals surface area contributed by atoms with Gasteiger partial charge in [-0.25, -0.2) is 4.68 Å². The van der Waals surface area contributed by atoms with Crippen molar-refractivity contribution in [3.63, 3.8) is 0 Å². The van der Waals surface area contributed by atoms with Gasteiger partial charge in [-0.1, -0.05) is 37.3 Å². The fourth-order valence-corrected chi connectivity index (χ4v) is 4.14. The Kier molecular flexibility index (Phi) is 8.58. The number of methoxy groups -OCH3 is 1. The molecule has 1 aliphatic carbocycles. The van der Waals surface area contributed by atoms with E-state index in [1.54, 1.807) is 13.2 Å². The molecule has 1 heterocycles. The van der Waals surface area contributed by atoms with Crippen molar-refractivity contribution in [2.75, 3.05) is 26.9 Å². The molecular weight excluding hydrogens is 442 g/mol. The Morgan fingerprint density at radius 3 is 2.63 bits per heavy atom. The SMILES string of the molecule is C=CCOC[C@@H](O)CN(Cc1c(CC)nn(-c2ccccc2)c1Oc1cccc(OC)c1)C1CC1. The van der Waals surface area contributed by atoms with Gasteiger partial charge in [-0.3, -0.25) is 4.90 Å². The average Bonchev–Trinajstić information content (AvgIpc) is 3.68. The van der Waals surface area contributed by atoms with E-state index in [-0.39, 0.29) is 6.61 Å². The highest BCUT2D eigenvalue weighted by atomic mass is 16.5. The lowest BCUT2D eigenvalue weighted by Crippen LogP contribution is -2.36. The van der Waals surface area contributed by atoms with E-state index >= 15 is 0 Å². The van der Waals surface area contributed by atoms with Crippen LogP contribution in [0, 0.1) is 0 Å². The standard InChI is InChI=1S/C28H35N3O4/c1-4-16-34-20-23(32)18-30(21-14-15-21)19-26-27(5-2)29-31(22-10-7-6-8-11-22)28(26)35-25-13-9-12-24(17-25)33-3/h4,6-13,17,21,23,32H,1,5,14-16,18-20H2,2-3H3/t23-/m0/s1. The molecule has 7 heteroatoms. The quantitative estimate of drug-likeness (QED) is 0.267. The summed E-state index contributed by atoms with van der Waals surface area (Å²) >= 11 is 0. The predicted molar refractivity (Wildman–Crippen MR) is 136 cm³/mol. The Bertz CT molecular complexity index is 1090. The van der Waals surface area contributed by atoms with E-state index < -0.39 is 6.10 Å². The molecule has 186 valence electrons. The largest absolute Gasteiger partial charge is 0.497 e. The molecule has 1 atom stereocenters. The first-order chi connectivity index (χ1) is 17.1. The first-order valence-electron chi connectivity index (χ1n) is 12.2. The van der Waals surface area contributed by atoms with E-state index in [0.29, 0.717) is 37.4 Å². The third-order valence-electron chi connectivity index (χ3n) is 6.03. The summed E-state index contributed by atoms with van der Waals surface area (Å²) in [6, 6.07) is 18.1. The second-order valence-corrected chi connectivity index (χ2v) is 8.75. The van der Waals surface area contributed by atoms with E-state index in [0.717, 1.165) is 42.0 Å². The zero-order valence-electron chi connectivity index (χ0n) is 20.6. The minimum absolute atomic E-state index is 0.284. The lowest BCUT2D eigenvalue weighted by atomic mass is 10.1. The molecule has 0 spiro atoms. The van der Waals surface area contributed by atoms with Gasteiger partial charge in [-0.2, -0.15) is 5.10 Å². The van der Waals surface area contributed by atoms with Crippen molar-refractivity contribution < 1.29 is 19.3 Å². The maximum Gasteiger partial charge on any atom is 0.227 e. The molecular formula is C28H35N3O4. The van der Waals surface area contributed by atoms with Crippen LogP contribution in [0.15, 0.2) is 67.3 Å². The maximum absolute atomic E-state index is 10.6. The summed E-state index contributed by atoms with van der Waals surface area (Å²) in [4.78, 5) is 2.33. The Balaban J connectivity index is 1.67. The van der Waals surface area contributed by atoms with Crippen molar-refractivity contribution in [1.29, 1.82) is 0 Å². The number of para-hydroxylation sites is 1. The molecule has 1 saturated carbocycles. The number of rotatable bonds is 14. The minimum Gasteiger partial charge on any atom is -0.497 e. The molecule has 35 heavy (non-hydrogen) atoms. The van der Waals surface area contributed by atoms with Crippen LogP contribution in [0.3, 0.4) is 0 Å². The van der Waals surface area contributed by atoms with Crippen LogP contribution in [0.1, 0.15) is 31.0 Å². The highest BCUT2D eigenvalue weighted by Gasteiger charge is 2.33. The summed E-state index contributed by atoms with van der Waals surface area (Å²) < 4.78 is 19.3. The summed E-state index contributed by atoms with van der Waals surface area (Å²) in [5.41, 5.74) is 2.95. The molecule has 0 aliphatic heterocycles. The number of aliphatic hydroxyl groups excluding tert-OH is 1. The van der Waals surface area contributed by atoms with Gasteiger partial charge in [0.2, 0.25) is 5.88 Å². The second kappa shape index (κ2) is 12.0. The van der Waals surface area contributed by atoms with E-state index in [1.807, 2.05) is 59.3 Å². The highest BCUT2D eigenvalue weighted by Crippen LogP contribution is 2.36. The number of aryl methyl sites for hydroxylation is 1. The Labute approximate surface area is 207 Å². The second-order valence-electron chi connectivity index (χ2n) is 8.75. The van der Waals surface area contributed by atoms with Gasteiger partial charge in [0.25, 0.3) is 0 Å². The Morgan fingerprint density at radius 1 is 1.17 bits per heavy atom. The zero-order valence-corrected chi connectivity index (χ0v) is 20.6. The first kappa shape index (κ1) is 25.0. The zero-order chi connectivity index (χ0) is 24.6. The van der Waals surface area contributed by atoms with Crippen molar-refractivity contribution >= 4 is 0 Å². The summed E-state index contributed by atoms with van der Waals surface area (Å²) in [6.45, 7) is 7.66. The van der Waals surface area contributed by atoms with E-state index in [1.165, 1.54) is 0 Å². The van der Waals surface area contributed by atoms with Crippen LogP contribution in [0.4, 0.5) is 0 Å². The molecule has 0 saturated heterocycles. The molecule has 0 unspecified atom stereocenters. The fraction of sp³-hybridized carbons (Fsp3) is 0.393. The number of ether oxygens (including phenoxy) is 3. The lowest BCUT2D eigenvalue weighted by Gasteiger charge is -2.25. The van der Waals surface area contributed by atoms with Crippen LogP contribution in [-0.2, 0) is 17.7 Å². The van der Waals surface area contributed by atoms with Crippen LogP contribution in [-0.4, -0.2) is 58.8 Å². The van der Waals surface area contributed by atoms with Gasteiger partial charge in [-0.15, -0.1) is 6.58 Å². The van der Waals surface area contributed by atoms with Gasteiger partial charge in [-0.05, 0) is 43.5 Å². The summed E-state index contributed by atoms with van der Waals surface area (Å²) in [6.07, 6.45) is 4.14. The van der Waals surface area contributed by atoms with Crippen LogP contribution < -0.4 is 9.47 Å². The molecule has 1 fully saturated rings. The summed E-state index contributed by atoms with van der Waals surface area (Å²) in [5, 5.41) is 15.6. The Morgan fingerprint density at radius 2 is 1.94 bits per heavy atom. The summed E-state index contributed by atoms with van der Waals surface area (Å²) in [7, 11) is 1.64. The molecule has 1 aromatic heterocycles. The predicted octanol–water partition coefficient (Wildman–Crippen LogP) is 4.76. The molecule has 4 rings (SSSR count). The van der Waals surface area contributed by atoms with Gasteiger partial charge < -0.3 is 19.3 Å². The number of nitrogens with zero attached hydrogens (tertiary/aromatic N) is 3. The van der Waals surface area contributed by atoms with Gasteiger partial charge in [0.1, 0.15) is 11.5 Å². The first-order valence-corrected chi connectivity index (χ1v) is 12.2. The average molecular weight is 478 g/mol. The van der Waals surface area contributed by atoms with Gasteiger partial charge >= 0.3 is 0 Å². The minimum atomic E-state index is -0.576. The molecule has 0 amide bonds.